The molecule has 2 rings (SSSR count). The van der Waals surface area contributed by atoms with Crippen molar-refractivity contribution in [2.45, 2.75) is 25.0 Å². The Bertz CT molecular complexity index is 282. The third-order valence-corrected chi connectivity index (χ3v) is 3.38. The van der Waals surface area contributed by atoms with Gasteiger partial charge in [-0.1, -0.05) is 0 Å². The number of aromatic nitrogens is 2. The topological polar surface area (TPSA) is 54.7 Å². The Balaban J connectivity index is 2.12. The molecule has 0 amide bonds. The zero-order valence-corrected chi connectivity index (χ0v) is 8.49. The predicted octanol–water partition coefficient (Wildman–Crippen LogP) is 1.09. The summed E-state index contributed by atoms with van der Waals surface area (Å²) >= 11 is 2.00. The van der Waals surface area contributed by atoms with Crippen molar-refractivity contribution in [1.82, 2.24) is 10.2 Å². The lowest BCUT2D eigenvalue weighted by atomic mass is 10.1. The molecule has 4 heteroatoms. The molecule has 0 saturated heterocycles. The summed E-state index contributed by atoms with van der Waals surface area (Å²) in [6.07, 6.45) is 3.22. The zero-order chi connectivity index (χ0) is 9.10. The maximum Gasteiger partial charge on any atom is 0.0665 e. The van der Waals surface area contributed by atoms with Crippen LogP contribution in [0, 0.1) is 0 Å². The van der Waals surface area contributed by atoms with Gasteiger partial charge in [-0.2, -0.15) is 16.9 Å². The van der Waals surface area contributed by atoms with Gasteiger partial charge in [-0.3, -0.25) is 5.10 Å². The molecule has 0 fully saturated rings. The number of H-pyrrole nitrogens is 1. The number of fused-ring (bicyclic) bond motifs is 1. The number of thioether (sulfide) groups is 1. The van der Waals surface area contributed by atoms with E-state index >= 15 is 0 Å². The first-order chi connectivity index (χ1) is 6.42. The molecule has 2 heterocycles. The lowest BCUT2D eigenvalue weighted by Crippen LogP contribution is -2.04. The Morgan fingerprint density at radius 1 is 1.54 bits per heavy atom. The first-order valence-corrected chi connectivity index (χ1v) is 5.90. The van der Waals surface area contributed by atoms with E-state index in [0.717, 1.165) is 31.6 Å². The molecular weight excluding hydrogens is 182 g/mol. The molecule has 13 heavy (non-hydrogen) atoms. The normalized spacial score (nSPS) is 15.8. The Hall–Kier alpha value is -0.480. The summed E-state index contributed by atoms with van der Waals surface area (Å²) < 4.78 is 0. The van der Waals surface area contributed by atoms with Gasteiger partial charge in [-0.15, -0.1) is 0 Å². The predicted molar refractivity (Wildman–Crippen MR) is 55.8 cm³/mol. The van der Waals surface area contributed by atoms with Crippen LogP contribution in [0.25, 0.3) is 0 Å². The van der Waals surface area contributed by atoms with Gasteiger partial charge in [0.2, 0.25) is 0 Å². The number of rotatable bonds is 3. The highest BCUT2D eigenvalue weighted by Crippen LogP contribution is 2.25. The number of hydrogen-bond donors (Lipinski definition) is 2. The quantitative estimate of drug-likeness (QED) is 0.762. The summed E-state index contributed by atoms with van der Waals surface area (Å²) in [5, 5.41) is 7.47. The lowest BCUT2D eigenvalue weighted by molar-refractivity contribution is 0.799. The molecule has 0 spiro atoms. The summed E-state index contributed by atoms with van der Waals surface area (Å²) in [5.74, 6) is 2.36. The minimum atomic E-state index is 0.759. The van der Waals surface area contributed by atoms with E-state index in [1.165, 1.54) is 22.7 Å². The van der Waals surface area contributed by atoms with Crippen molar-refractivity contribution in [1.29, 1.82) is 0 Å². The molecule has 0 saturated carbocycles. The van der Waals surface area contributed by atoms with E-state index in [-0.39, 0.29) is 0 Å². The van der Waals surface area contributed by atoms with E-state index in [2.05, 4.69) is 10.2 Å². The smallest absolute Gasteiger partial charge is 0.0665 e. The summed E-state index contributed by atoms with van der Waals surface area (Å²) in [5.41, 5.74) is 9.52. The van der Waals surface area contributed by atoms with Gasteiger partial charge in [0.15, 0.2) is 0 Å². The maximum atomic E-state index is 5.48. The molecule has 0 atom stereocenters. The van der Waals surface area contributed by atoms with Gasteiger partial charge in [0.05, 0.1) is 5.69 Å². The van der Waals surface area contributed by atoms with Gasteiger partial charge in [-0.05, 0) is 31.6 Å². The molecule has 0 radical (unpaired) electrons. The molecule has 3 N–H and O–H groups in total. The third-order valence-electron chi connectivity index (χ3n) is 2.40. The standard InChI is InChI=1S/C9H15N3S/c10-4-1-2-8-7-6-13-5-3-9(7)12-11-8/h1-6,10H2,(H,11,12). The fourth-order valence-electron chi connectivity index (χ4n) is 1.65. The molecule has 3 nitrogen and oxygen atoms in total. The van der Waals surface area contributed by atoms with Crippen LogP contribution in [0.2, 0.25) is 0 Å². The summed E-state index contributed by atoms with van der Waals surface area (Å²) in [7, 11) is 0. The fraction of sp³-hybridized carbons (Fsp3) is 0.667. The maximum absolute atomic E-state index is 5.48. The van der Waals surface area contributed by atoms with E-state index in [1.54, 1.807) is 0 Å². The Kier molecular flexibility index (Phi) is 2.90. The SMILES string of the molecule is NCCCc1n[nH]c2c1CSCC2. The first-order valence-electron chi connectivity index (χ1n) is 4.74. The second-order valence-corrected chi connectivity index (χ2v) is 4.43. The largest absolute Gasteiger partial charge is 0.330 e. The van der Waals surface area contributed by atoms with Crippen molar-refractivity contribution in [3.63, 3.8) is 0 Å². The Morgan fingerprint density at radius 2 is 2.46 bits per heavy atom. The van der Waals surface area contributed by atoms with Crippen LogP contribution >= 0.6 is 11.8 Å². The molecule has 0 aliphatic carbocycles. The summed E-state index contributed by atoms with van der Waals surface area (Å²) in [6.45, 7) is 0.759. The van der Waals surface area contributed by atoms with Crippen LogP contribution in [0.4, 0.5) is 0 Å². The molecular formula is C9H15N3S. The number of nitrogens with one attached hydrogen (secondary N) is 1. The van der Waals surface area contributed by atoms with E-state index in [0.29, 0.717) is 0 Å². The van der Waals surface area contributed by atoms with E-state index in [9.17, 15) is 0 Å². The van der Waals surface area contributed by atoms with Crippen LogP contribution in [-0.4, -0.2) is 22.5 Å². The monoisotopic (exact) mass is 197 g/mol. The molecule has 0 bridgehead atoms. The fourth-order valence-corrected chi connectivity index (χ4v) is 2.68. The molecule has 0 unspecified atom stereocenters. The van der Waals surface area contributed by atoms with Crippen LogP contribution in [0.5, 0.6) is 0 Å². The third kappa shape index (κ3) is 1.89. The van der Waals surface area contributed by atoms with Crippen LogP contribution in [0.3, 0.4) is 0 Å². The van der Waals surface area contributed by atoms with Gasteiger partial charge >= 0.3 is 0 Å². The number of nitrogens with two attached hydrogens (primary N) is 1. The van der Waals surface area contributed by atoms with Crippen LogP contribution in [0.1, 0.15) is 23.4 Å². The van der Waals surface area contributed by atoms with Gasteiger partial charge in [0, 0.05) is 17.0 Å². The van der Waals surface area contributed by atoms with Gasteiger partial charge < -0.3 is 5.73 Å². The molecule has 1 aromatic rings. The minimum Gasteiger partial charge on any atom is -0.330 e. The van der Waals surface area contributed by atoms with E-state index in [4.69, 9.17) is 5.73 Å². The second kappa shape index (κ2) is 4.15. The summed E-state index contributed by atoms with van der Waals surface area (Å²) in [4.78, 5) is 0. The number of aryl methyl sites for hydroxylation is 2. The Labute approximate surface area is 82.5 Å². The van der Waals surface area contributed by atoms with Crippen molar-refractivity contribution in [3.05, 3.63) is 17.0 Å². The van der Waals surface area contributed by atoms with E-state index < -0.39 is 0 Å². The molecule has 0 aromatic carbocycles. The van der Waals surface area contributed by atoms with Gasteiger partial charge in [-0.25, -0.2) is 0 Å². The molecule has 1 aliphatic rings. The van der Waals surface area contributed by atoms with Crippen molar-refractivity contribution < 1.29 is 0 Å². The number of nitrogens with zero attached hydrogens (tertiary/aromatic N) is 1. The van der Waals surface area contributed by atoms with Crippen molar-refractivity contribution in [3.8, 4) is 0 Å². The average molecular weight is 197 g/mol. The number of aromatic amines is 1. The number of hydrogen-bond acceptors (Lipinski definition) is 3. The van der Waals surface area contributed by atoms with Crippen LogP contribution in [-0.2, 0) is 18.6 Å². The molecule has 1 aliphatic heterocycles. The van der Waals surface area contributed by atoms with Crippen molar-refractivity contribution in [2.24, 2.45) is 5.73 Å². The van der Waals surface area contributed by atoms with E-state index in [1.807, 2.05) is 11.8 Å². The highest BCUT2D eigenvalue weighted by molar-refractivity contribution is 7.98. The first kappa shape index (κ1) is 9.09. The van der Waals surface area contributed by atoms with Crippen LogP contribution in [0.15, 0.2) is 0 Å². The highest BCUT2D eigenvalue weighted by atomic mass is 32.2. The van der Waals surface area contributed by atoms with Gasteiger partial charge in [0.25, 0.3) is 0 Å². The second-order valence-electron chi connectivity index (χ2n) is 3.32. The van der Waals surface area contributed by atoms with Gasteiger partial charge in [0.1, 0.15) is 0 Å². The molecule has 72 valence electrons. The van der Waals surface area contributed by atoms with Crippen molar-refractivity contribution >= 4 is 11.8 Å². The highest BCUT2D eigenvalue weighted by Gasteiger charge is 2.15. The lowest BCUT2D eigenvalue weighted by Gasteiger charge is -2.10. The van der Waals surface area contributed by atoms with Crippen molar-refractivity contribution in [2.75, 3.05) is 12.3 Å². The summed E-state index contributed by atoms with van der Waals surface area (Å²) in [6, 6.07) is 0. The molecule has 1 aromatic heterocycles. The minimum absolute atomic E-state index is 0.759. The average Bonchev–Trinajstić information content (AvgIpc) is 2.58. The van der Waals surface area contributed by atoms with Crippen LogP contribution < -0.4 is 5.73 Å². The zero-order valence-electron chi connectivity index (χ0n) is 7.68. The Morgan fingerprint density at radius 3 is 3.31 bits per heavy atom.